The Morgan fingerprint density at radius 3 is 2.68 bits per heavy atom. The molecule has 2 aromatic carbocycles. The molecule has 28 heavy (non-hydrogen) atoms. The molecule has 6 heteroatoms. The van der Waals surface area contributed by atoms with Gasteiger partial charge in [0.2, 0.25) is 5.95 Å². The highest BCUT2D eigenvalue weighted by Gasteiger charge is 2.19. The quantitative estimate of drug-likeness (QED) is 0.579. The van der Waals surface area contributed by atoms with E-state index in [4.69, 9.17) is 4.74 Å². The van der Waals surface area contributed by atoms with E-state index in [2.05, 4.69) is 42.9 Å². The van der Waals surface area contributed by atoms with Gasteiger partial charge in [0, 0.05) is 56.4 Å². The molecule has 3 aromatic rings. The second kappa shape index (κ2) is 8.29. The summed E-state index contributed by atoms with van der Waals surface area (Å²) in [7, 11) is 3.95. The van der Waals surface area contributed by atoms with E-state index in [1.54, 1.807) is 0 Å². The maximum Gasteiger partial charge on any atom is 0.225 e. The number of fused-ring (bicyclic) bond motifs is 1. The summed E-state index contributed by atoms with van der Waals surface area (Å²) in [5.41, 5.74) is 3.68. The van der Waals surface area contributed by atoms with Gasteiger partial charge in [-0.15, -0.1) is 0 Å². The number of ether oxygens (including phenoxy) is 1. The van der Waals surface area contributed by atoms with Gasteiger partial charge in [0.05, 0.1) is 5.69 Å². The molecule has 2 heterocycles. The fraction of sp³-hybridized carbons (Fsp3) is 0.273. The summed E-state index contributed by atoms with van der Waals surface area (Å²) in [6, 6.07) is 16.2. The van der Waals surface area contributed by atoms with Crippen LogP contribution in [-0.2, 0) is 19.5 Å². The molecule has 1 aromatic heterocycles. The van der Waals surface area contributed by atoms with Gasteiger partial charge in [0.1, 0.15) is 11.5 Å². The van der Waals surface area contributed by atoms with Crippen LogP contribution >= 0.6 is 15.9 Å². The van der Waals surface area contributed by atoms with Crippen LogP contribution in [0.25, 0.3) is 0 Å². The van der Waals surface area contributed by atoms with Crippen LogP contribution in [0.3, 0.4) is 0 Å². The molecule has 0 aliphatic carbocycles. The average molecular weight is 439 g/mol. The molecule has 0 fully saturated rings. The van der Waals surface area contributed by atoms with Crippen molar-refractivity contribution in [2.24, 2.45) is 0 Å². The van der Waals surface area contributed by atoms with E-state index in [-0.39, 0.29) is 0 Å². The van der Waals surface area contributed by atoms with Gasteiger partial charge < -0.3 is 9.64 Å². The number of anilines is 1. The Balaban J connectivity index is 1.38. The third-order valence-electron chi connectivity index (χ3n) is 4.76. The van der Waals surface area contributed by atoms with E-state index in [0.29, 0.717) is 0 Å². The predicted molar refractivity (Wildman–Crippen MR) is 115 cm³/mol. The van der Waals surface area contributed by atoms with E-state index < -0.39 is 0 Å². The van der Waals surface area contributed by atoms with Crippen molar-refractivity contribution in [3.63, 3.8) is 0 Å². The van der Waals surface area contributed by atoms with Crippen molar-refractivity contribution >= 4 is 21.9 Å². The van der Waals surface area contributed by atoms with Crippen molar-refractivity contribution < 1.29 is 4.74 Å². The molecule has 0 amide bonds. The molecule has 0 saturated carbocycles. The van der Waals surface area contributed by atoms with Crippen molar-refractivity contribution in [3.05, 3.63) is 76.0 Å². The van der Waals surface area contributed by atoms with Crippen molar-refractivity contribution in [1.82, 2.24) is 14.9 Å². The Bertz CT molecular complexity index is 959. The summed E-state index contributed by atoms with van der Waals surface area (Å²) in [5, 5.41) is 0. The summed E-state index contributed by atoms with van der Waals surface area (Å²) >= 11 is 3.47. The van der Waals surface area contributed by atoms with Gasteiger partial charge >= 0.3 is 0 Å². The monoisotopic (exact) mass is 438 g/mol. The Hall–Kier alpha value is -2.44. The molecule has 0 unspecified atom stereocenters. The Morgan fingerprint density at radius 2 is 1.93 bits per heavy atom. The first-order chi connectivity index (χ1) is 13.6. The summed E-state index contributed by atoms with van der Waals surface area (Å²) < 4.78 is 6.93. The van der Waals surface area contributed by atoms with Gasteiger partial charge in [-0.1, -0.05) is 34.1 Å². The lowest BCUT2D eigenvalue weighted by molar-refractivity contribution is 0.243. The lowest BCUT2D eigenvalue weighted by Crippen LogP contribution is -2.31. The number of aromatic nitrogens is 2. The van der Waals surface area contributed by atoms with Crippen LogP contribution in [0.5, 0.6) is 11.5 Å². The number of hydrogen-bond donors (Lipinski definition) is 0. The van der Waals surface area contributed by atoms with Crippen molar-refractivity contribution in [1.29, 1.82) is 0 Å². The number of rotatable bonds is 5. The molecule has 0 N–H and O–H groups in total. The predicted octanol–water partition coefficient (Wildman–Crippen LogP) is 4.66. The molecule has 1 aliphatic rings. The normalized spacial score (nSPS) is 13.8. The van der Waals surface area contributed by atoms with Crippen LogP contribution in [0.4, 0.5) is 5.95 Å². The van der Waals surface area contributed by atoms with Crippen LogP contribution in [0.2, 0.25) is 0 Å². The van der Waals surface area contributed by atoms with Crippen LogP contribution in [0, 0.1) is 0 Å². The van der Waals surface area contributed by atoms with Gasteiger partial charge in [-0.25, -0.2) is 9.97 Å². The van der Waals surface area contributed by atoms with E-state index in [9.17, 15) is 0 Å². The zero-order chi connectivity index (χ0) is 19.5. The fourth-order valence-electron chi connectivity index (χ4n) is 3.30. The Labute approximate surface area is 174 Å². The van der Waals surface area contributed by atoms with E-state index in [1.165, 1.54) is 16.8 Å². The number of halogens is 1. The van der Waals surface area contributed by atoms with Crippen molar-refractivity contribution in [3.8, 4) is 11.5 Å². The number of hydrogen-bond acceptors (Lipinski definition) is 5. The maximum atomic E-state index is 5.92. The van der Waals surface area contributed by atoms with Crippen molar-refractivity contribution in [2.45, 2.75) is 19.5 Å². The molecule has 1 aliphatic heterocycles. The standard InChI is InChI=1S/C22H23BrN4O/c1-26(2)22-24-13-17-15-27(11-10-21(17)25-22)14-16-6-8-19(9-7-16)28-20-5-3-4-18(23)12-20/h3-9,12-13H,10-11,14-15H2,1-2H3. The molecule has 144 valence electrons. The average Bonchev–Trinajstić information content (AvgIpc) is 2.69. The maximum absolute atomic E-state index is 5.92. The van der Waals surface area contributed by atoms with Crippen LogP contribution < -0.4 is 9.64 Å². The van der Waals surface area contributed by atoms with Gasteiger partial charge in [0.15, 0.2) is 0 Å². The van der Waals surface area contributed by atoms with Crippen LogP contribution in [0.1, 0.15) is 16.8 Å². The molecule has 0 bridgehead atoms. The zero-order valence-electron chi connectivity index (χ0n) is 16.1. The molecule has 0 saturated heterocycles. The largest absolute Gasteiger partial charge is 0.457 e. The third-order valence-corrected chi connectivity index (χ3v) is 5.25. The highest BCUT2D eigenvalue weighted by molar-refractivity contribution is 9.10. The summed E-state index contributed by atoms with van der Waals surface area (Å²) in [6.07, 6.45) is 2.93. The lowest BCUT2D eigenvalue weighted by atomic mass is 10.1. The summed E-state index contributed by atoms with van der Waals surface area (Å²) in [6.45, 7) is 2.80. The Kier molecular flexibility index (Phi) is 5.59. The van der Waals surface area contributed by atoms with Gasteiger partial charge in [-0.2, -0.15) is 0 Å². The molecule has 0 radical (unpaired) electrons. The SMILES string of the molecule is CN(C)c1ncc2c(n1)CCN(Cc1ccc(Oc3cccc(Br)c3)cc1)C2. The van der Waals surface area contributed by atoms with E-state index in [1.807, 2.05) is 61.6 Å². The Morgan fingerprint density at radius 1 is 1.11 bits per heavy atom. The van der Waals surface area contributed by atoms with Crippen molar-refractivity contribution in [2.75, 3.05) is 25.5 Å². The third kappa shape index (κ3) is 4.51. The van der Waals surface area contributed by atoms with E-state index in [0.717, 1.165) is 48.0 Å². The molecular formula is C22H23BrN4O. The summed E-state index contributed by atoms with van der Waals surface area (Å²) in [4.78, 5) is 13.5. The molecular weight excluding hydrogens is 416 g/mol. The number of nitrogens with zero attached hydrogens (tertiary/aromatic N) is 4. The number of benzene rings is 2. The van der Waals surface area contributed by atoms with Crippen LogP contribution in [-0.4, -0.2) is 35.5 Å². The minimum atomic E-state index is 0.785. The van der Waals surface area contributed by atoms with Gasteiger partial charge in [0.25, 0.3) is 0 Å². The molecule has 0 atom stereocenters. The fourth-order valence-corrected chi connectivity index (χ4v) is 3.68. The first kappa shape index (κ1) is 18.9. The first-order valence-electron chi connectivity index (χ1n) is 9.34. The highest BCUT2D eigenvalue weighted by atomic mass is 79.9. The second-order valence-corrected chi connectivity index (χ2v) is 8.12. The minimum Gasteiger partial charge on any atom is -0.457 e. The smallest absolute Gasteiger partial charge is 0.225 e. The van der Waals surface area contributed by atoms with Crippen LogP contribution in [0.15, 0.2) is 59.2 Å². The molecule has 0 spiro atoms. The lowest BCUT2D eigenvalue weighted by Gasteiger charge is -2.28. The molecule has 4 rings (SSSR count). The zero-order valence-corrected chi connectivity index (χ0v) is 17.7. The first-order valence-corrected chi connectivity index (χ1v) is 10.1. The van der Waals surface area contributed by atoms with E-state index >= 15 is 0 Å². The van der Waals surface area contributed by atoms with Gasteiger partial charge in [-0.05, 0) is 35.9 Å². The highest BCUT2D eigenvalue weighted by Crippen LogP contribution is 2.25. The minimum absolute atomic E-state index is 0.785. The second-order valence-electron chi connectivity index (χ2n) is 7.20. The summed E-state index contributed by atoms with van der Waals surface area (Å²) in [5.74, 6) is 2.45. The topological polar surface area (TPSA) is 41.5 Å². The molecule has 5 nitrogen and oxygen atoms in total. The van der Waals surface area contributed by atoms with Gasteiger partial charge in [-0.3, -0.25) is 4.90 Å².